The first-order valence-corrected chi connectivity index (χ1v) is 6.91. The molecule has 1 aliphatic rings. The molecule has 17 heavy (non-hydrogen) atoms. The monoisotopic (exact) mass is 298 g/mol. The molecule has 1 saturated carbocycles. The first-order valence-electron chi connectivity index (χ1n) is 6.12. The van der Waals surface area contributed by atoms with E-state index in [1.807, 2.05) is 18.2 Å². The number of ether oxygens (including phenoxy) is 1. The highest BCUT2D eigenvalue weighted by molar-refractivity contribution is 9.10. The van der Waals surface area contributed by atoms with Crippen molar-refractivity contribution in [2.75, 3.05) is 7.11 Å². The van der Waals surface area contributed by atoms with Crippen LogP contribution in [0.25, 0.3) is 0 Å². The lowest BCUT2D eigenvalue weighted by molar-refractivity contribution is 0.105. The van der Waals surface area contributed by atoms with Crippen molar-refractivity contribution in [3.05, 3.63) is 28.2 Å². The molecule has 0 aromatic heterocycles. The molecule has 94 valence electrons. The summed E-state index contributed by atoms with van der Waals surface area (Å²) in [5.41, 5.74) is 1.07. The maximum absolute atomic E-state index is 10.2. The zero-order valence-electron chi connectivity index (χ0n) is 10.3. The van der Waals surface area contributed by atoms with Crippen molar-refractivity contribution in [3.63, 3.8) is 0 Å². The zero-order chi connectivity index (χ0) is 12.4. The maximum Gasteiger partial charge on any atom is 0.122 e. The minimum atomic E-state index is -0.273. The van der Waals surface area contributed by atoms with Crippen molar-refractivity contribution in [2.24, 2.45) is 11.8 Å². The van der Waals surface area contributed by atoms with E-state index in [0.29, 0.717) is 12.3 Å². The van der Waals surface area contributed by atoms with E-state index in [2.05, 4.69) is 22.9 Å². The van der Waals surface area contributed by atoms with Crippen LogP contribution < -0.4 is 4.74 Å². The van der Waals surface area contributed by atoms with Crippen molar-refractivity contribution >= 4 is 15.9 Å². The minimum Gasteiger partial charge on any atom is -0.496 e. The molecule has 2 atom stereocenters. The zero-order valence-corrected chi connectivity index (χ0v) is 11.9. The van der Waals surface area contributed by atoms with Crippen molar-refractivity contribution in [3.8, 4) is 5.75 Å². The van der Waals surface area contributed by atoms with Crippen LogP contribution in [-0.4, -0.2) is 18.3 Å². The lowest BCUT2D eigenvalue weighted by Crippen LogP contribution is -2.22. The summed E-state index contributed by atoms with van der Waals surface area (Å²) < 4.78 is 6.35. The lowest BCUT2D eigenvalue weighted by atomic mass is 9.93. The van der Waals surface area contributed by atoms with Crippen LogP contribution in [0.1, 0.15) is 25.3 Å². The molecule has 0 amide bonds. The third-order valence-electron chi connectivity index (χ3n) is 3.64. The Morgan fingerprint density at radius 1 is 1.47 bits per heavy atom. The lowest BCUT2D eigenvalue weighted by Gasteiger charge is -2.19. The largest absolute Gasteiger partial charge is 0.496 e. The highest BCUT2D eigenvalue weighted by atomic mass is 79.9. The second kappa shape index (κ2) is 5.40. The van der Waals surface area contributed by atoms with Crippen LogP contribution >= 0.6 is 15.9 Å². The van der Waals surface area contributed by atoms with Gasteiger partial charge in [0.1, 0.15) is 5.75 Å². The Labute approximate surface area is 111 Å². The maximum atomic E-state index is 10.2. The van der Waals surface area contributed by atoms with Crippen LogP contribution in [0.2, 0.25) is 0 Å². The van der Waals surface area contributed by atoms with E-state index in [1.165, 1.54) is 12.8 Å². The van der Waals surface area contributed by atoms with Crippen LogP contribution in [-0.2, 0) is 6.42 Å². The highest BCUT2D eigenvalue weighted by Gasteiger charge is 2.32. The number of methoxy groups -OCH3 is 1. The third kappa shape index (κ3) is 3.23. The minimum absolute atomic E-state index is 0.273. The smallest absolute Gasteiger partial charge is 0.122 e. The van der Waals surface area contributed by atoms with Crippen molar-refractivity contribution in [1.82, 2.24) is 0 Å². The molecule has 1 N–H and O–H groups in total. The van der Waals surface area contributed by atoms with Gasteiger partial charge in [-0.2, -0.15) is 0 Å². The predicted molar refractivity (Wildman–Crippen MR) is 72.3 cm³/mol. The van der Waals surface area contributed by atoms with Gasteiger partial charge >= 0.3 is 0 Å². The van der Waals surface area contributed by atoms with Crippen LogP contribution in [0.15, 0.2) is 22.7 Å². The molecule has 0 radical (unpaired) electrons. The molecule has 2 unspecified atom stereocenters. The molecular formula is C14H19BrO2. The molecule has 1 aliphatic carbocycles. The molecule has 0 heterocycles. The van der Waals surface area contributed by atoms with Gasteiger partial charge in [0, 0.05) is 10.9 Å². The molecule has 1 aromatic rings. The average Bonchev–Trinajstić information content (AvgIpc) is 3.12. The topological polar surface area (TPSA) is 29.5 Å². The van der Waals surface area contributed by atoms with Crippen molar-refractivity contribution < 1.29 is 9.84 Å². The van der Waals surface area contributed by atoms with Gasteiger partial charge in [-0.25, -0.2) is 0 Å². The first-order chi connectivity index (χ1) is 8.11. The summed E-state index contributed by atoms with van der Waals surface area (Å²) in [7, 11) is 1.67. The van der Waals surface area contributed by atoms with E-state index < -0.39 is 0 Å². The van der Waals surface area contributed by atoms with Crippen molar-refractivity contribution in [2.45, 2.75) is 32.3 Å². The molecule has 0 spiro atoms. The number of aliphatic hydroxyl groups excluding tert-OH is 1. The van der Waals surface area contributed by atoms with E-state index in [-0.39, 0.29) is 6.10 Å². The van der Waals surface area contributed by atoms with Crippen LogP contribution in [0.3, 0.4) is 0 Å². The Bertz CT molecular complexity index is 388. The van der Waals surface area contributed by atoms with Gasteiger partial charge in [0.25, 0.3) is 0 Å². The van der Waals surface area contributed by atoms with Gasteiger partial charge in [0.2, 0.25) is 0 Å². The van der Waals surface area contributed by atoms with Gasteiger partial charge in [-0.05, 0) is 48.4 Å². The van der Waals surface area contributed by atoms with Gasteiger partial charge in [0.15, 0.2) is 0 Å². The van der Waals surface area contributed by atoms with E-state index in [1.54, 1.807) is 7.11 Å². The second-order valence-electron chi connectivity index (χ2n) is 4.92. The molecular weight excluding hydrogens is 280 g/mol. The number of benzene rings is 1. The molecule has 1 aromatic carbocycles. The molecule has 1 fully saturated rings. The summed E-state index contributed by atoms with van der Waals surface area (Å²) in [6.07, 6.45) is 2.94. The SMILES string of the molecule is COc1ccc(Br)cc1CC(O)C(C)C1CC1. The first kappa shape index (κ1) is 12.9. The summed E-state index contributed by atoms with van der Waals surface area (Å²) in [5.74, 6) is 1.97. The van der Waals surface area contributed by atoms with Crippen LogP contribution in [0, 0.1) is 11.8 Å². The summed E-state index contributed by atoms with van der Waals surface area (Å²) in [6.45, 7) is 2.15. The normalized spacial score (nSPS) is 18.8. The molecule has 0 bridgehead atoms. The van der Waals surface area contributed by atoms with Gasteiger partial charge in [-0.15, -0.1) is 0 Å². The van der Waals surface area contributed by atoms with Gasteiger partial charge in [-0.1, -0.05) is 22.9 Å². The van der Waals surface area contributed by atoms with Gasteiger partial charge in [-0.3, -0.25) is 0 Å². The summed E-state index contributed by atoms with van der Waals surface area (Å²) in [4.78, 5) is 0. The summed E-state index contributed by atoms with van der Waals surface area (Å²) in [5, 5.41) is 10.2. The number of aliphatic hydroxyl groups is 1. The molecule has 0 saturated heterocycles. The molecule has 3 heteroatoms. The predicted octanol–water partition coefficient (Wildman–Crippen LogP) is 3.41. The van der Waals surface area contributed by atoms with Crippen molar-refractivity contribution in [1.29, 1.82) is 0 Å². The van der Waals surface area contributed by atoms with E-state index in [9.17, 15) is 5.11 Å². The van der Waals surface area contributed by atoms with Crippen LogP contribution in [0.4, 0.5) is 0 Å². The number of hydrogen-bond donors (Lipinski definition) is 1. The Balaban J connectivity index is 2.08. The average molecular weight is 299 g/mol. The molecule has 2 rings (SSSR count). The van der Waals surface area contributed by atoms with Gasteiger partial charge < -0.3 is 9.84 Å². The van der Waals surface area contributed by atoms with Crippen LogP contribution in [0.5, 0.6) is 5.75 Å². The molecule has 0 aliphatic heterocycles. The fourth-order valence-electron chi connectivity index (χ4n) is 2.25. The Morgan fingerprint density at radius 2 is 2.18 bits per heavy atom. The Kier molecular flexibility index (Phi) is 4.10. The number of rotatable bonds is 5. The van der Waals surface area contributed by atoms with E-state index in [0.717, 1.165) is 21.7 Å². The second-order valence-corrected chi connectivity index (χ2v) is 5.84. The Hall–Kier alpha value is -0.540. The van der Waals surface area contributed by atoms with E-state index >= 15 is 0 Å². The summed E-state index contributed by atoms with van der Waals surface area (Å²) >= 11 is 3.46. The summed E-state index contributed by atoms with van der Waals surface area (Å²) in [6, 6.07) is 5.93. The quantitative estimate of drug-likeness (QED) is 0.903. The fraction of sp³-hybridized carbons (Fsp3) is 0.571. The van der Waals surface area contributed by atoms with Gasteiger partial charge in [0.05, 0.1) is 13.2 Å². The highest BCUT2D eigenvalue weighted by Crippen LogP contribution is 2.39. The Morgan fingerprint density at radius 3 is 2.76 bits per heavy atom. The standard InChI is InChI=1S/C14H19BrO2/c1-9(10-3-4-10)13(16)8-11-7-12(15)5-6-14(11)17-2/h5-7,9-10,13,16H,3-4,8H2,1-2H3. The third-order valence-corrected chi connectivity index (χ3v) is 4.14. The molecule has 2 nitrogen and oxygen atoms in total. The fourth-order valence-corrected chi connectivity index (χ4v) is 2.66. The number of hydrogen-bond acceptors (Lipinski definition) is 2. The van der Waals surface area contributed by atoms with E-state index in [4.69, 9.17) is 4.74 Å². The number of halogens is 1.